The van der Waals surface area contributed by atoms with E-state index in [0.29, 0.717) is 5.41 Å². The van der Waals surface area contributed by atoms with E-state index in [1.807, 2.05) is 0 Å². The van der Waals surface area contributed by atoms with E-state index in [1.165, 1.54) is 38.5 Å². The van der Waals surface area contributed by atoms with Gasteiger partial charge in [-0.15, -0.1) is 0 Å². The number of hydrogen-bond donors (Lipinski definition) is 2. The number of rotatable bonds is 4. The van der Waals surface area contributed by atoms with Crippen LogP contribution in [0, 0.1) is 5.41 Å². The van der Waals surface area contributed by atoms with Crippen LogP contribution in [0.2, 0.25) is 0 Å². The van der Waals surface area contributed by atoms with Crippen molar-refractivity contribution in [1.29, 1.82) is 0 Å². The van der Waals surface area contributed by atoms with Crippen molar-refractivity contribution in [2.75, 3.05) is 19.7 Å². The van der Waals surface area contributed by atoms with Crippen LogP contribution in [0.4, 0.5) is 0 Å². The molecule has 1 atom stereocenters. The molecule has 0 spiro atoms. The molecule has 1 saturated heterocycles. The average molecular weight is 254 g/mol. The third kappa shape index (κ3) is 3.25. The number of nitrogens with two attached hydrogens (primary N) is 1. The fraction of sp³-hybridized carbons (Fsp3) is 1.00. The monoisotopic (exact) mass is 254 g/mol. The van der Waals surface area contributed by atoms with Crippen molar-refractivity contribution in [1.82, 2.24) is 5.32 Å². The van der Waals surface area contributed by atoms with E-state index < -0.39 is 0 Å². The van der Waals surface area contributed by atoms with Gasteiger partial charge in [0.15, 0.2) is 0 Å². The molecule has 3 N–H and O–H groups in total. The lowest BCUT2D eigenvalue weighted by molar-refractivity contribution is 0.00894. The first-order chi connectivity index (χ1) is 8.39. The third-order valence-electron chi connectivity index (χ3n) is 5.09. The Morgan fingerprint density at radius 3 is 2.22 bits per heavy atom. The topological polar surface area (TPSA) is 47.3 Å². The van der Waals surface area contributed by atoms with Crippen LogP contribution in [0.1, 0.15) is 59.3 Å². The zero-order valence-corrected chi connectivity index (χ0v) is 12.3. The Balaban J connectivity index is 1.89. The van der Waals surface area contributed by atoms with Crippen LogP contribution >= 0.6 is 0 Å². The van der Waals surface area contributed by atoms with Gasteiger partial charge in [0.05, 0.1) is 5.60 Å². The van der Waals surface area contributed by atoms with Gasteiger partial charge in [0.25, 0.3) is 0 Å². The van der Waals surface area contributed by atoms with Gasteiger partial charge in [0, 0.05) is 25.2 Å². The lowest BCUT2D eigenvalue weighted by Gasteiger charge is -2.45. The SMILES string of the molecule is CC1(C)CCC(CN)(NCC2(C)CCCO2)CC1. The van der Waals surface area contributed by atoms with Crippen LogP contribution in [0.3, 0.4) is 0 Å². The van der Waals surface area contributed by atoms with Crippen LogP contribution in [-0.2, 0) is 4.74 Å². The summed E-state index contributed by atoms with van der Waals surface area (Å²) in [6, 6.07) is 0. The second-order valence-electron chi connectivity index (χ2n) is 7.40. The summed E-state index contributed by atoms with van der Waals surface area (Å²) in [5, 5.41) is 3.76. The Labute approximate surface area is 112 Å². The second-order valence-corrected chi connectivity index (χ2v) is 7.40. The summed E-state index contributed by atoms with van der Waals surface area (Å²) in [6.07, 6.45) is 7.32. The molecule has 1 heterocycles. The van der Waals surface area contributed by atoms with Crippen molar-refractivity contribution in [2.45, 2.75) is 70.4 Å². The first-order valence-electron chi connectivity index (χ1n) is 7.48. The molecule has 0 radical (unpaired) electrons. The fourth-order valence-electron chi connectivity index (χ4n) is 3.21. The van der Waals surface area contributed by atoms with Crippen molar-refractivity contribution in [2.24, 2.45) is 11.1 Å². The molecule has 1 aliphatic carbocycles. The van der Waals surface area contributed by atoms with Crippen molar-refractivity contribution in [3.8, 4) is 0 Å². The predicted molar refractivity (Wildman–Crippen MR) is 75.6 cm³/mol. The zero-order valence-electron chi connectivity index (χ0n) is 12.3. The van der Waals surface area contributed by atoms with Gasteiger partial charge in [-0.1, -0.05) is 13.8 Å². The molecule has 1 unspecified atom stereocenters. The molecule has 2 aliphatic rings. The van der Waals surface area contributed by atoms with Crippen LogP contribution < -0.4 is 11.1 Å². The lowest BCUT2D eigenvalue weighted by Crippen LogP contribution is -2.57. The molecule has 1 saturated carbocycles. The van der Waals surface area contributed by atoms with Crippen molar-refractivity contribution >= 4 is 0 Å². The second kappa shape index (κ2) is 5.10. The standard InChI is InChI=1S/C15H30N2O/c1-13(2)6-8-15(11-16,9-7-13)17-12-14(3)5-4-10-18-14/h17H,4-12,16H2,1-3H3. The lowest BCUT2D eigenvalue weighted by atomic mass is 9.69. The minimum Gasteiger partial charge on any atom is -0.374 e. The van der Waals surface area contributed by atoms with Crippen LogP contribution in [0.25, 0.3) is 0 Å². The molecule has 0 bridgehead atoms. The number of ether oxygens (including phenoxy) is 1. The van der Waals surface area contributed by atoms with Crippen LogP contribution in [0.5, 0.6) is 0 Å². The quantitative estimate of drug-likeness (QED) is 0.810. The summed E-state index contributed by atoms with van der Waals surface area (Å²) in [5.74, 6) is 0. The molecular formula is C15H30N2O. The molecule has 3 heteroatoms. The molecule has 2 fully saturated rings. The molecular weight excluding hydrogens is 224 g/mol. The Kier molecular flexibility index (Phi) is 4.05. The first-order valence-corrected chi connectivity index (χ1v) is 7.48. The van der Waals surface area contributed by atoms with Gasteiger partial charge >= 0.3 is 0 Å². The van der Waals surface area contributed by atoms with Crippen LogP contribution in [-0.4, -0.2) is 30.8 Å². The molecule has 18 heavy (non-hydrogen) atoms. The van der Waals surface area contributed by atoms with Crippen molar-refractivity contribution in [3.63, 3.8) is 0 Å². The van der Waals surface area contributed by atoms with Gasteiger partial charge in [0.1, 0.15) is 0 Å². The van der Waals surface area contributed by atoms with Gasteiger partial charge in [-0.25, -0.2) is 0 Å². The molecule has 0 aromatic carbocycles. The van der Waals surface area contributed by atoms with Crippen LogP contribution in [0.15, 0.2) is 0 Å². The van der Waals surface area contributed by atoms with Gasteiger partial charge in [-0.2, -0.15) is 0 Å². The number of nitrogens with one attached hydrogen (secondary N) is 1. The van der Waals surface area contributed by atoms with E-state index in [9.17, 15) is 0 Å². The van der Waals surface area contributed by atoms with Gasteiger partial charge < -0.3 is 15.8 Å². The summed E-state index contributed by atoms with van der Waals surface area (Å²) in [5.41, 5.74) is 6.74. The van der Waals surface area contributed by atoms with Gasteiger partial charge in [-0.05, 0) is 50.9 Å². The minimum atomic E-state index is 0.0368. The summed E-state index contributed by atoms with van der Waals surface area (Å²) >= 11 is 0. The highest BCUT2D eigenvalue weighted by Crippen LogP contribution is 2.40. The van der Waals surface area contributed by atoms with Crippen molar-refractivity contribution < 1.29 is 4.74 Å². The molecule has 2 rings (SSSR count). The Morgan fingerprint density at radius 1 is 1.06 bits per heavy atom. The average Bonchev–Trinajstić information content (AvgIpc) is 2.77. The van der Waals surface area contributed by atoms with Gasteiger partial charge in [0.2, 0.25) is 0 Å². The molecule has 0 aromatic rings. The summed E-state index contributed by atoms with van der Waals surface area (Å²) < 4.78 is 5.86. The highest BCUT2D eigenvalue weighted by molar-refractivity contribution is 4.98. The van der Waals surface area contributed by atoms with E-state index in [1.54, 1.807) is 0 Å². The maximum atomic E-state index is 6.05. The Bertz CT molecular complexity index is 272. The zero-order chi connectivity index (χ0) is 13.3. The fourth-order valence-corrected chi connectivity index (χ4v) is 3.21. The predicted octanol–water partition coefficient (Wildman–Crippen LogP) is 2.44. The van der Waals surface area contributed by atoms with E-state index >= 15 is 0 Å². The van der Waals surface area contributed by atoms with E-state index in [2.05, 4.69) is 26.1 Å². The summed E-state index contributed by atoms with van der Waals surface area (Å²) in [6.45, 7) is 9.58. The maximum Gasteiger partial charge on any atom is 0.0779 e. The third-order valence-corrected chi connectivity index (χ3v) is 5.09. The highest BCUT2D eigenvalue weighted by Gasteiger charge is 2.39. The summed E-state index contributed by atoms with van der Waals surface area (Å²) in [7, 11) is 0. The van der Waals surface area contributed by atoms with Crippen molar-refractivity contribution in [3.05, 3.63) is 0 Å². The maximum absolute atomic E-state index is 6.05. The largest absolute Gasteiger partial charge is 0.374 e. The highest BCUT2D eigenvalue weighted by atomic mass is 16.5. The Morgan fingerprint density at radius 2 is 1.72 bits per heavy atom. The summed E-state index contributed by atoms with van der Waals surface area (Å²) in [4.78, 5) is 0. The number of hydrogen-bond acceptors (Lipinski definition) is 3. The normalized spacial score (nSPS) is 34.7. The Hall–Kier alpha value is -0.120. The first kappa shape index (κ1) is 14.3. The molecule has 3 nitrogen and oxygen atoms in total. The molecule has 1 aliphatic heterocycles. The van der Waals surface area contributed by atoms with E-state index in [-0.39, 0.29) is 11.1 Å². The van der Waals surface area contributed by atoms with E-state index in [0.717, 1.165) is 19.7 Å². The molecule has 106 valence electrons. The van der Waals surface area contributed by atoms with E-state index in [4.69, 9.17) is 10.5 Å². The molecule has 0 amide bonds. The molecule has 0 aromatic heterocycles. The minimum absolute atomic E-state index is 0.0368. The van der Waals surface area contributed by atoms with Gasteiger partial charge in [-0.3, -0.25) is 0 Å². The smallest absolute Gasteiger partial charge is 0.0779 e.